The second-order valence-corrected chi connectivity index (χ2v) is 5.99. The first-order valence-electron chi connectivity index (χ1n) is 7.77. The number of hydrogen-bond donors (Lipinski definition) is 0. The molecule has 0 saturated heterocycles. The van der Waals surface area contributed by atoms with Crippen molar-refractivity contribution in [2.75, 3.05) is 7.11 Å². The lowest BCUT2D eigenvalue weighted by Gasteiger charge is -2.13. The van der Waals surface area contributed by atoms with Crippen molar-refractivity contribution in [2.45, 2.75) is 39.1 Å². The summed E-state index contributed by atoms with van der Waals surface area (Å²) in [5, 5.41) is 8.34. The van der Waals surface area contributed by atoms with E-state index < -0.39 is 11.7 Å². The molecule has 2 aromatic rings. The van der Waals surface area contributed by atoms with E-state index in [1.807, 2.05) is 24.6 Å². The third-order valence-corrected chi connectivity index (χ3v) is 4.05. The van der Waals surface area contributed by atoms with Crippen LogP contribution in [0.25, 0.3) is 0 Å². The lowest BCUT2D eigenvalue weighted by Crippen LogP contribution is -2.19. The van der Waals surface area contributed by atoms with E-state index in [9.17, 15) is 13.2 Å². The molecule has 1 atom stereocenters. The summed E-state index contributed by atoms with van der Waals surface area (Å²) in [7, 11) is 1.41. The van der Waals surface area contributed by atoms with Gasteiger partial charge in [0.05, 0.1) is 30.6 Å². The van der Waals surface area contributed by atoms with Gasteiger partial charge in [0.15, 0.2) is 6.10 Å². The van der Waals surface area contributed by atoms with E-state index in [1.54, 1.807) is 0 Å². The summed E-state index contributed by atoms with van der Waals surface area (Å²) in [5.41, 5.74) is 1.89. The summed E-state index contributed by atoms with van der Waals surface area (Å²) in [6.07, 6.45) is -4.33. The van der Waals surface area contributed by atoms with Crippen LogP contribution in [0.3, 0.4) is 0 Å². The highest BCUT2D eigenvalue weighted by molar-refractivity contribution is 6.03. The van der Waals surface area contributed by atoms with E-state index >= 15 is 0 Å². The zero-order chi connectivity index (χ0) is 18.2. The highest BCUT2D eigenvalue weighted by atomic mass is 19.4. The number of aryl methyl sites for hydroxylation is 2. The predicted octanol–water partition coefficient (Wildman–Crippen LogP) is 3.72. The molecular formula is C17H18F3N3O2. The van der Waals surface area contributed by atoms with Crippen LogP contribution in [0.15, 0.2) is 29.4 Å². The maximum Gasteiger partial charge on any atom is 0.416 e. The second kappa shape index (κ2) is 6.42. The average molecular weight is 353 g/mol. The lowest BCUT2D eigenvalue weighted by atomic mass is 10.0. The number of oxime groups is 1. The molecule has 134 valence electrons. The molecule has 0 fully saturated rings. The monoisotopic (exact) mass is 353 g/mol. The maximum atomic E-state index is 13.0. The first kappa shape index (κ1) is 17.3. The number of methoxy groups -OCH3 is 1. The molecule has 1 aromatic heterocycles. The molecule has 0 amide bonds. The SMILES string of the molecule is COc1ccc(C(F)(F)F)cc1C1=NO[C@@H](Cn2nc(C)cc2C)C1. The van der Waals surface area contributed by atoms with Gasteiger partial charge < -0.3 is 9.57 Å². The Labute approximate surface area is 143 Å². The van der Waals surface area contributed by atoms with Gasteiger partial charge in [-0.15, -0.1) is 0 Å². The van der Waals surface area contributed by atoms with Crippen LogP contribution < -0.4 is 4.74 Å². The Bertz CT molecular complexity index is 812. The van der Waals surface area contributed by atoms with Gasteiger partial charge in [-0.2, -0.15) is 18.3 Å². The van der Waals surface area contributed by atoms with E-state index in [4.69, 9.17) is 9.57 Å². The van der Waals surface area contributed by atoms with Crippen molar-refractivity contribution in [1.29, 1.82) is 0 Å². The van der Waals surface area contributed by atoms with Crippen LogP contribution in [0.1, 0.15) is 28.9 Å². The first-order valence-corrected chi connectivity index (χ1v) is 7.77. The zero-order valence-electron chi connectivity index (χ0n) is 14.1. The number of hydrogen-bond acceptors (Lipinski definition) is 4. The minimum absolute atomic E-state index is 0.285. The molecule has 1 aromatic carbocycles. The summed E-state index contributed by atoms with van der Waals surface area (Å²) >= 11 is 0. The Balaban J connectivity index is 1.80. The fraction of sp³-hybridized carbons (Fsp3) is 0.412. The minimum atomic E-state index is -4.43. The smallest absolute Gasteiger partial charge is 0.416 e. The lowest BCUT2D eigenvalue weighted by molar-refractivity contribution is -0.137. The molecule has 8 heteroatoms. The summed E-state index contributed by atoms with van der Waals surface area (Å²) in [4.78, 5) is 5.40. The Morgan fingerprint density at radius 2 is 2.04 bits per heavy atom. The van der Waals surface area contributed by atoms with Crippen molar-refractivity contribution in [3.63, 3.8) is 0 Å². The summed E-state index contributed by atoms with van der Waals surface area (Å²) in [6.45, 7) is 4.31. The van der Waals surface area contributed by atoms with E-state index in [2.05, 4.69) is 10.3 Å². The zero-order valence-corrected chi connectivity index (χ0v) is 14.1. The Hall–Kier alpha value is -2.51. The van der Waals surface area contributed by atoms with E-state index in [-0.39, 0.29) is 6.10 Å². The molecule has 0 saturated carbocycles. The number of alkyl halides is 3. The van der Waals surface area contributed by atoms with E-state index in [1.165, 1.54) is 13.2 Å². The molecule has 0 aliphatic carbocycles. The summed E-state index contributed by atoms with van der Waals surface area (Å²) < 4.78 is 45.9. The van der Waals surface area contributed by atoms with Crippen LogP contribution in [0.4, 0.5) is 13.2 Å². The van der Waals surface area contributed by atoms with Crippen LogP contribution in [-0.2, 0) is 17.6 Å². The topological polar surface area (TPSA) is 48.6 Å². The third-order valence-electron chi connectivity index (χ3n) is 4.05. The molecule has 5 nitrogen and oxygen atoms in total. The number of aromatic nitrogens is 2. The second-order valence-electron chi connectivity index (χ2n) is 5.99. The van der Waals surface area contributed by atoms with Crippen molar-refractivity contribution in [2.24, 2.45) is 5.16 Å². The van der Waals surface area contributed by atoms with Crippen molar-refractivity contribution in [1.82, 2.24) is 9.78 Å². The van der Waals surface area contributed by atoms with Crippen molar-refractivity contribution < 1.29 is 22.7 Å². The number of benzene rings is 1. The van der Waals surface area contributed by atoms with Gasteiger partial charge in [-0.3, -0.25) is 4.68 Å². The molecule has 0 unspecified atom stereocenters. The quantitative estimate of drug-likeness (QED) is 0.842. The molecule has 1 aliphatic heterocycles. The van der Waals surface area contributed by atoms with Gasteiger partial charge in [0, 0.05) is 17.7 Å². The van der Waals surface area contributed by atoms with Gasteiger partial charge in [-0.05, 0) is 38.1 Å². The van der Waals surface area contributed by atoms with Crippen LogP contribution in [0.5, 0.6) is 5.75 Å². The normalized spacial score (nSPS) is 17.4. The molecule has 2 heterocycles. The Morgan fingerprint density at radius 1 is 1.28 bits per heavy atom. The predicted molar refractivity (Wildman–Crippen MR) is 85.7 cm³/mol. The van der Waals surface area contributed by atoms with Crippen molar-refractivity contribution >= 4 is 5.71 Å². The number of rotatable bonds is 4. The highest BCUT2D eigenvalue weighted by Crippen LogP contribution is 2.34. The van der Waals surface area contributed by atoms with Crippen LogP contribution in [-0.4, -0.2) is 28.7 Å². The fourth-order valence-corrected chi connectivity index (χ4v) is 2.85. The molecule has 0 N–H and O–H groups in total. The molecular weight excluding hydrogens is 335 g/mol. The van der Waals surface area contributed by atoms with E-state index in [0.29, 0.717) is 30.0 Å². The Morgan fingerprint density at radius 3 is 2.64 bits per heavy atom. The molecule has 0 spiro atoms. The summed E-state index contributed by atoms with van der Waals surface area (Å²) in [5.74, 6) is 0.335. The third kappa shape index (κ3) is 3.62. The number of halogens is 3. The maximum absolute atomic E-state index is 13.0. The van der Waals surface area contributed by atoms with Gasteiger partial charge in [0.1, 0.15) is 5.75 Å². The Kier molecular flexibility index (Phi) is 4.45. The van der Waals surface area contributed by atoms with Crippen LogP contribution >= 0.6 is 0 Å². The van der Waals surface area contributed by atoms with Crippen LogP contribution in [0.2, 0.25) is 0 Å². The standard InChI is InChI=1S/C17H18F3N3O2/c1-10-6-11(2)23(21-10)9-13-8-15(22-25-13)14-7-12(17(18,19)20)4-5-16(14)24-3/h4-7,13H,8-9H2,1-3H3/t13-/m1/s1. The van der Waals surface area contributed by atoms with Crippen molar-refractivity contribution in [3.8, 4) is 5.75 Å². The molecule has 25 heavy (non-hydrogen) atoms. The fourth-order valence-electron chi connectivity index (χ4n) is 2.85. The summed E-state index contributed by atoms with van der Waals surface area (Å²) in [6, 6.07) is 5.29. The van der Waals surface area contributed by atoms with E-state index in [0.717, 1.165) is 23.5 Å². The van der Waals surface area contributed by atoms with Crippen molar-refractivity contribution in [3.05, 3.63) is 46.8 Å². The van der Waals surface area contributed by atoms with Crippen LogP contribution in [0, 0.1) is 13.8 Å². The molecule has 0 bridgehead atoms. The minimum Gasteiger partial charge on any atom is -0.496 e. The number of nitrogens with zero attached hydrogens (tertiary/aromatic N) is 3. The molecule has 3 rings (SSSR count). The van der Waals surface area contributed by atoms with Gasteiger partial charge in [-0.1, -0.05) is 5.16 Å². The van der Waals surface area contributed by atoms with Gasteiger partial charge in [0.25, 0.3) is 0 Å². The molecule has 1 aliphatic rings. The highest BCUT2D eigenvalue weighted by Gasteiger charge is 2.33. The van der Waals surface area contributed by atoms with Gasteiger partial charge in [-0.25, -0.2) is 0 Å². The first-order chi connectivity index (χ1) is 11.8. The van der Waals surface area contributed by atoms with Gasteiger partial charge in [0.2, 0.25) is 0 Å². The largest absolute Gasteiger partial charge is 0.496 e. The number of ether oxygens (including phenoxy) is 1. The molecule has 0 radical (unpaired) electrons. The average Bonchev–Trinajstić information content (AvgIpc) is 3.13. The van der Waals surface area contributed by atoms with Gasteiger partial charge >= 0.3 is 6.18 Å².